The summed E-state index contributed by atoms with van der Waals surface area (Å²) in [5.74, 6) is 0.899. The van der Waals surface area contributed by atoms with E-state index in [2.05, 4.69) is 14.9 Å². The van der Waals surface area contributed by atoms with Gasteiger partial charge < -0.3 is 4.90 Å². The maximum Gasteiger partial charge on any atom is 0.165 e. The topological polar surface area (TPSA) is 41.9 Å². The number of halogens is 1. The fourth-order valence-electron chi connectivity index (χ4n) is 3.67. The van der Waals surface area contributed by atoms with Crippen LogP contribution in [0.15, 0.2) is 67.0 Å². The van der Waals surface area contributed by atoms with Crippen LogP contribution in [-0.4, -0.2) is 21.5 Å². The molecule has 4 nitrogen and oxygen atoms in total. The molecule has 0 unspecified atom stereocenters. The number of fused-ring (bicyclic) bond motifs is 2. The first-order valence-electron chi connectivity index (χ1n) is 9.03. The number of pyridine rings is 1. The number of rotatable bonds is 2. The molecule has 1 aliphatic rings. The summed E-state index contributed by atoms with van der Waals surface area (Å²) in [5, 5.41) is 0.960. The first kappa shape index (κ1) is 15.9. The number of nitrogens with zero attached hydrogens (tertiary/aromatic N) is 4. The standard InChI is InChI=1S/C22H17FN4/c23-18-9-3-1-7-16(18)21-25-19-10-4-2-8-17(19)22(26-21)27-13-5-6-15-14-24-12-11-20(15)27/h1-4,7-12,14H,5-6,13H2. The predicted octanol–water partition coefficient (Wildman–Crippen LogP) is 4.92. The quantitative estimate of drug-likeness (QED) is 0.511. The molecule has 2 aromatic heterocycles. The molecule has 2 aromatic carbocycles. The molecule has 27 heavy (non-hydrogen) atoms. The highest BCUT2D eigenvalue weighted by molar-refractivity contribution is 5.93. The molecule has 0 atom stereocenters. The Hall–Kier alpha value is -3.34. The van der Waals surface area contributed by atoms with E-state index in [9.17, 15) is 4.39 Å². The lowest BCUT2D eigenvalue weighted by molar-refractivity contribution is 0.630. The second-order valence-corrected chi connectivity index (χ2v) is 6.63. The Morgan fingerprint density at radius 2 is 1.78 bits per heavy atom. The van der Waals surface area contributed by atoms with Gasteiger partial charge in [0.15, 0.2) is 5.82 Å². The SMILES string of the molecule is Fc1ccccc1-c1nc(N2CCCc3cnccc32)c2ccccc2n1. The van der Waals surface area contributed by atoms with E-state index >= 15 is 0 Å². The first-order valence-corrected chi connectivity index (χ1v) is 9.03. The molecule has 1 aliphatic heterocycles. The third kappa shape index (κ3) is 2.72. The molecule has 0 spiro atoms. The maximum absolute atomic E-state index is 14.4. The van der Waals surface area contributed by atoms with Crippen molar-refractivity contribution in [3.05, 3.63) is 78.4 Å². The van der Waals surface area contributed by atoms with Crippen LogP contribution in [-0.2, 0) is 6.42 Å². The number of anilines is 2. The van der Waals surface area contributed by atoms with Crippen molar-refractivity contribution in [1.29, 1.82) is 0 Å². The minimum Gasteiger partial charge on any atom is -0.325 e. The zero-order valence-electron chi connectivity index (χ0n) is 14.6. The van der Waals surface area contributed by atoms with Gasteiger partial charge in [0.2, 0.25) is 0 Å². The van der Waals surface area contributed by atoms with Crippen LogP contribution in [0.2, 0.25) is 0 Å². The summed E-state index contributed by atoms with van der Waals surface area (Å²) >= 11 is 0. The lowest BCUT2D eigenvalue weighted by atomic mass is 10.0. The summed E-state index contributed by atoms with van der Waals surface area (Å²) < 4.78 is 14.4. The van der Waals surface area contributed by atoms with Gasteiger partial charge in [0.1, 0.15) is 11.6 Å². The van der Waals surface area contributed by atoms with Crippen LogP contribution in [0.1, 0.15) is 12.0 Å². The van der Waals surface area contributed by atoms with Crippen molar-refractivity contribution in [2.75, 3.05) is 11.4 Å². The summed E-state index contributed by atoms with van der Waals surface area (Å²) in [6, 6.07) is 16.6. The van der Waals surface area contributed by atoms with Gasteiger partial charge in [-0.2, -0.15) is 0 Å². The van der Waals surface area contributed by atoms with Crippen molar-refractivity contribution in [2.45, 2.75) is 12.8 Å². The van der Waals surface area contributed by atoms with Crippen LogP contribution in [0.5, 0.6) is 0 Å². The fraction of sp³-hybridized carbons (Fsp3) is 0.136. The molecule has 0 N–H and O–H groups in total. The van der Waals surface area contributed by atoms with Crippen molar-refractivity contribution >= 4 is 22.4 Å². The first-order chi connectivity index (χ1) is 13.3. The van der Waals surface area contributed by atoms with Gasteiger partial charge in [-0.1, -0.05) is 24.3 Å². The van der Waals surface area contributed by atoms with Crippen molar-refractivity contribution in [3.8, 4) is 11.4 Å². The molecule has 0 saturated heterocycles. The maximum atomic E-state index is 14.4. The number of aryl methyl sites for hydroxylation is 1. The van der Waals surface area contributed by atoms with Gasteiger partial charge in [-0.05, 0) is 48.7 Å². The summed E-state index contributed by atoms with van der Waals surface area (Å²) in [4.78, 5) is 15.9. The molecule has 0 bridgehead atoms. The lowest BCUT2D eigenvalue weighted by Crippen LogP contribution is -2.26. The van der Waals surface area contributed by atoms with Crippen molar-refractivity contribution in [3.63, 3.8) is 0 Å². The van der Waals surface area contributed by atoms with E-state index in [1.54, 1.807) is 24.4 Å². The van der Waals surface area contributed by atoms with E-state index in [-0.39, 0.29) is 5.82 Å². The van der Waals surface area contributed by atoms with E-state index in [4.69, 9.17) is 4.98 Å². The fourth-order valence-corrected chi connectivity index (χ4v) is 3.67. The van der Waals surface area contributed by atoms with Gasteiger partial charge in [-0.25, -0.2) is 14.4 Å². The second-order valence-electron chi connectivity index (χ2n) is 6.63. The average Bonchev–Trinajstić information content (AvgIpc) is 2.73. The van der Waals surface area contributed by atoms with Crippen LogP contribution in [0, 0.1) is 5.82 Å². The number of aromatic nitrogens is 3. The third-order valence-corrected chi connectivity index (χ3v) is 4.95. The van der Waals surface area contributed by atoms with E-state index < -0.39 is 0 Å². The summed E-state index contributed by atoms with van der Waals surface area (Å²) in [6.07, 6.45) is 5.75. The molecular weight excluding hydrogens is 339 g/mol. The van der Waals surface area contributed by atoms with Gasteiger partial charge in [-0.15, -0.1) is 0 Å². The van der Waals surface area contributed by atoms with Crippen LogP contribution < -0.4 is 4.90 Å². The molecule has 0 radical (unpaired) electrons. The van der Waals surface area contributed by atoms with Crippen LogP contribution in [0.3, 0.4) is 0 Å². The Morgan fingerprint density at radius 3 is 2.70 bits per heavy atom. The van der Waals surface area contributed by atoms with E-state index in [0.717, 1.165) is 41.8 Å². The third-order valence-electron chi connectivity index (χ3n) is 4.95. The molecule has 5 heteroatoms. The van der Waals surface area contributed by atoms with Crippen LogP contribution in [0.4, 0.5) is 15.9 Å². The molecule has 4 aromatic rings. The summed E-state index contributed by atoms with van der Waals surface area (Å²) in [5.41, 5.74) is 3.54. The van der Waals surface area contributed by atoms with Crippen LogP contribution in [0.25, 0.3) is 22.3 Å². The highest BCUT2D eigenvalue weighted by Gasteiger charge is 2.22. The Kier molecular flexibility index (Phi) is 3.78. The molecule has 0 amide bonds. The van der Waals surface area contributed by atoms with Gasteiger partial charge in [0.25, 0.3) is 0 Å². The Morgan fingerprint density at radius 1 is 0.926 bits per heavy atom. The molecule has 0 fully saturated rings. The Balaban J connectivity index is 1.76. The van der Waals surface area contributed by atoms with Gasteiger partial charge in [0, 0.05) is 30.0 Å². The van der Waals surface area contributed by atoms with Gasteiger partial charge >= 0.3 is 0 Å². The zero-order valence-corrected chi connectivity index (χ0v) is 14.6. The molecular formula is C22H17FN4. The minimum atomic E-state index is -0.318. The smallest absolute Gasteiger partial charge is 0.165 e. The normalized spacial score (nSPS) is 13.6. The van der Waals surface area contributed by atoms with Gasteiger partial charge in [-0.3, -0.25) is 4.98 Å². The minimum absolute atomic E-state index is 0.318. The van der Waals surface area contributed by atoms with Crippen molar-refractivity contribution in [2.24, 2.45) is 0 Å². The number of para-hydroxylation sites is 1. The zero-order chi connectivity index (χ0) is 18.2. The number of benzene rings is 2. The largest absolute Gasteiger partial charge is 0.325 e. The summed E-state index contributed by atoms with van der Waals surface area (Å²) in [6.45, 7) is 0.856. The monoisotopic (exact) mass is 356 g/mol. The second kappa shape index (κ2) is 6.43. The van der Waals surface area contributed by atoms with Crippen molar-refractivity contribution < 1.29 is 4.39 Å². The molecule has 0 saturated carbocycles. The van der Waals surface area contributed by atoms with Crippen LogP contribution >= 0.6 is 0 Å². The molecule has 3 heterocycles. The highest BCUT2D eigenvalue weighted by Crippen LogP contribution is 2.36. The Labute approximate surface area is 156 Å². The number of hydrogen-bond donors (Lipinski definition) is 0. The highest BCUT2D eigenvalue weighted by atomic mass is 19.1. The van der Waals surface area contributed by atoms with E-state index in [1.807, 2.05) is 36.5 Å². The summed E-state index contributed by atoms with van der Waals surface area (Å²) in [7, 11) is 0. The molecule has 0 aliphatic carbocycles. The van der Waals surface area contributed by atoms with Gasteiger partial charge in [0.05, 0.1) is 11.1 Å². The molecule has 132 valence electrons. The van der Waals surface area contributed by atoms with E-state index in [1.165, 1.54) is 11.6 Å². The molecule has 5 rings (SSSR count). The lowest BCUT2D eigenvalue weighted by Gasteiger charge is -2.31. The number of hydrogen-bond acceptors (Lipinski definition) is 4. The van der Waals surface area contributed by atoms with E-state index in [0.29, 0.717) is 11.4 Å². The average molecular weight is 356 g/mol. The predicted molar refractivity (Wildman–Crippen MR) is 104 cm³/mol. The van der Waals surface area contributed by atoms with Crippen molar-refractivity contribution in [1.82, 2.24) is 15.0 Å². The Bertz CT molecular complexity index is 1140.